The molecule has 1 aliphatic heterocycles. The highest BCUT2D eigenvalue weighted by molar-refractivity contribution is 7.07. The van der Waals surface area contributed by atoms with E-state index in [1.165, 1.54) is 5.56 Å². The van der Waals surface area contributed by atoms with Crippen LogP contribution in [0.3, 0.4) is 0 Å². The molecule has 21 heavy (non-hydrogen) atoms. The van der Waals surface area contributed by atoms with Crippen LogP contribution in [-0.2, 0) is 10.3 Å². The number of thiophene rings is 1. The Kier molecular flexibility index (Phi) is 3.83. The SMILES string of the molecule is CC(N)(C(=O)N1CCCC1c1ccsc1)c1ccccc1. The predicted molar refractivity (Wildman–Crippen MR) is 86.0 cm³/mol. The van der Waals surface area contributed by atoms with Crippen molar-refractivity contribution < 1.29 is 4.79 Å². The minimum Gasteiger partial charge on any atom is -0.334 e. The van der Waals surface area contributed by atoms with Gasteiger partial charge in [0.25, 0.3) is 0 Å². The zero-order chi connectivity index (χ0) is 14.9. The fourth-order valence-corrected chi connectivity index (χ4v) is 3.73. The lowest BCUT2D eigenvalue weighted by Crippen LogP contribution is -2.50. The van der Waals surface area contributed by atoms with Gasteiger partial charge in [0.05, 0.1) is 6.04 Å². The molecule has 0 saturated carbocycles. The minimum absolute atomic E-state index is 0.0161. The standard InChI is InChI=1S/C17H20N2OS/c1-17(18,14-6-3-2-4-7-14)16(20)19-10-5-8-15(19)13-9-11-21-12-13/h2-4,6-7,9,11-12,15H,5,8,10,18H2,1H3. The van der Waals surface area contributed by atoms with Crippen LogP contribution in [0.25, 0.3) is 0 Å². The third kappa shape index (κ3) is 2.61. The van der Waals surface area contributed by atoms with E-state index in [4.69, 9.17) is 5.73 Å². The topological polar surface area (TPSA) is 46.3 Å². The summed E-state index contributed by atoms with van der Waals surface area (Å²) in [4.78, 5) is 14.9. The van der Waals surface area contributed by atoms with Gasteiger partial charge in [-0.2, -0.15) is 11.3 Å². The van der Waals surface area contributed by atoms with E-state index in [2.05, 4.69) is 16.8 Å². The number of likely N-dealkylation sites (tertiary alicyclic amines) is 1. The molecule has 1 saturated heterocycles. The van der Waals surface area contributed by atoms with Gasteiger partial charge in [0, 0.05) is 6.54 Å². The van der Waals surface area contributed by atoms with Crippen molar-refractivity contribution in [1.29, 1.82) is 0 Å². The first kappa shape index (κ1) is 14.3. The summed E-state index contributed by atoms with van der Waals surface area (Å²) in [6.07, 6.45) is 2.06. The van der Waals surface area contributed by atoms with Crippen LogP contribution >= 0.6 is 11.3 Å². The van der Waals surface area contributed by atoms with Gasteiger partial charge in [-0.1, -0.05) is 30.3 Å². The summed E-state index contributed by atoms with van der Waals surface area (Å²) in [5.41, 5.74) is 7.51. The third-order valence-electron chi connectivity index (χ3n) is 4.26. The molecule has 0 spiro atoms. The molecular formula is C17H20N2OS. The molecule has 1 aromatic carbocycles. The fourth-order valence-electron chi connectivity index (χ4n) is 3.03. The van der Waals surface area contributed by atoms with E-state index in [0.29, 0.717) is 0 Å². The number of hydrogen-bond acceptors (Lipinski definition) is 3. The van der Waals surface area contributed by atoms with E-state index in [9.17, 15) is 4.79 Å². The number of hydrogen-bond donors (Lipinski definition) is 1. The lowest BCUT2D eigenvalue weighted by atomic mass is 9.91. The van der Waals surface area contributed by atoms with Crippen molar-refractivity contribution >= 4 is 17.2 Å². The number of rotatable bonds is 3. The maximum Gasteiger partial charge on any atom is 0.247 e. The molecule has 0 radical (unpaired) electrons. The van der Waals surface area contributed by atoms with Gasteiger partial charge in [0.15, 0.2) is 0 Å². The van der Waals surface area contributed by atoms with E-state index in [0.717, 1.165) is 24.9 Å². The molecule has 3 rings (SSSR count). The molecule has 1 fully saturated rings. The molecular weight excluding hydrogens is 280 g/mol. The van der Waals surface area contributed by atoms with Crippen LogP contribution in [0, 0.1) is 0 Å². The summed E-state index contributed by atoms with van der Waals surface area (Å²) in [6.45, 7) is 2.60. The molecule has 2 heterocycles. The average Bonchev–Trinajstić information content (AvgIpc) is 3.18. The molecule has 2 aromatic rings. The van der Waals surface area contributed by atoms with Gasteiger partial charge in [0.2, 0.25) is 5.91 Å². The molecule has 110 valence electrons. The summed E-state index contributed by atoms with van der Waals surface area (Å²) >= 11 is 1.67. The number of benzene rings is 1. The monoisotopic (exact) mass is 300 g/mol. The van der Waals surface area contributed by atoms with Crippen molar-refractivity contribution in [3.05, 3.63) is 58.3 Å². The van der Waals surface area contributed by atoms with Crippen molar-refractivity contribution in [3.8, 4) is 0 Å². The molecule has 4 heteroatoms. The van der Waals surface area contributed by atoms with Gasteiger partial charge < -0.3 is 10.6 Å². The summed E-state index contributed by atoms with van der Waals surface area (Å²) in [6, 6.07) is 11.9. The number of nitrogens with two attached hydrogens (primary N) is 1. The minimum atomic E-state index is -0.972. The molecule has 0 aliphatic carbocycles. The second-order valence-corrected chi connectivity index (χ2v) is 6.56. The highest BCUT2D eigenvalue weighted by Gasteiger charge is 2.39. The number of amides is 1. The summed E-state index contributed by atoms with van der Waals surface area (Å²) in [5, 5.41) is 4.20. The predicted octanol–water partition coefficient (Wildman–Crippen LogP) is 3.29. The van der Waals surface area contributed by atoms with Gasteiger partial charge in [-0.3, -0.25) is 4.79 Å². The third-order valence-corrected chi connectivity index (χ3v) is 4.96. The first-order valence-electron chi connectivity index (χ1n) is 7.28. The Bertz CT molecular complexity index is 607. The van der Waals surface area contributed by atoms with Crippen LogP contribution in [0.2, 0.25) is 0 Å². The number of carbonyl (C=O) groups is 1. The van der Waals surface area contributed by atoms with Crippen LogP contribution in [0.4, 0.5) is 0 Å². The van der Waals surface area contributed by atoms with Crippen molar-refractivity contribution in [2.45, 2.75) is 31.3 Å². The smallest absolute Gasteiger partial charge is 0.247 e. The van der Waals surface area contributed by atoms with Gasteiger partial charge in [-0.05, 0) is 47.7 Å². The average molecular weight is 300 g/mol. The van der Waals surface area contributed by atoms with Crippen molar-refractivity contribution in [2.75, 3.05) is 6.54 Å². The number of carbonyl (C=O) groups excluding carboxylic acids is 1. The largest absolute Gasteiger partial charge is 0.334 e. The maximum absolute atomic E-state index is 13.0. The van der Waals surface area contributed by atoms with E-state index >= 15 is 0 Å². The Labute approximate surface area is 129 Å². The molecule has 3 nitrogen and oxygen atoms in total. The van der Waals surface area contributed by atoms with Crippen LogP contribution in [-0.4, -0.2) is 17.4 Å². The van der Waals surface area contributed by atoms with Crippen molar-refractivity contribution in [3.63, 3.8) is 0 Å². The lowest BCUT2D eigenvalue weighted by molar-refractivity contribution is -0.137. The lowest BCUT2D eigenvalue weighted by Gasteiger charge is -2.33. The summed E-state index contributed by atoms with van der Waals surface area (Å²) < 4.78 is 0. The molecule has 2 N–H and O–H groups in total. The highest BCUT2D eigenvalue weighted by atomic mass is 32.1. The van der Waals surface area contributed by atoms with E-state index in [-0.39, 0.29) is 11.9 Å². The van der Waals surface area contributed by atoms with Crippen molar-refractivity contribution in [1.82, 2.24) is 4.90 Å². The van der Waals surface area contributed by atoms with Crippen LogP contribution in [0.15, 0.2) is 47.2 Å². The maximum atomic E-state index is 13.0. The molecule has 0 bridgehead atoms. The number of nitrogens with zero attached hydrogens (tertiary/aromatic N) is 1. The molecule has 2 unspecified atom stereocenters. The summed E-state index contributed by atoms with van der Waals surface area (Å²) in [5.74, 6) is 0.0161. The Morgan fingerprint density at radius 3 is 2.76 bits per heavy atom. The van der Waals surface area contributed by atoms with Crippen LogP contribution < -0.4 is 5.73 Å². The Balaban J connectivity index is 1.87. The van der Waals surface area contributed by atoms with E-state index < -0.39 is 5.54 Å². The molecule has 1 amide bonds. The summed E-state index contributed by atoms with van der Waals surface area (Å²) in [7, 11) is 0. The van der Waals surface area contributed by atoms with Crippen LogP contribution in [0.5, 0.6) is 0 Å². The first-order valence-corrected chi connectivity index (χ1v) is 8.22. The zero-order valence-electron chi connectivity index (χ0n) is 12.2. The first-order chi connectivity index (χ1) is 10.1. The van der Waals surface area contributed by atoms with E-state index in [1.807, 2.05) is 42.2 Å². The molecule has 2 atom stereocenters. The zero-order valence-corrected chi connectivity index (χ0v) is 13.0. The quantitative estimate of drug-likeness (QED) is 0.945. The second kappa shape index (κ2) is 5.62. The van der Waals surface area contributed by atoms with Gasteiger partial charge in [0.1, 0.15) is 5.54 Å². The molecule has 1 aliphatic rings. The van der Waals surface area contributed by atoms with Crippen LogP contribution in [0.1, 0.15) is 36.9 Å². The van der Waals surface area contributed by atoms with Gasteiger partial charge >= 0.3 is 0 Å². The Morgan fingerprint density at radius 1 is 1.33 bits per heavy atom. The Hall–Kier alpha value is -1.65. The normalized spacial score (nSPS) is 21.2. The fraction of sp³-hybridized carbons (Fsp3) is 0.353. The van der Waals surface area contributed by atoms with Gasteiger partial charge in [-0.15, -0.1) is 0 Å². The second-order valence-electron chi connectivity index (χ2n) is 5.78. The Morgan fingerprint density at radius 2 is 2.10 bits per heavy atom. The van der Waals surface area contributed by atoms with E-state index in [1.54, 1.807) is 11.3 Å². The van der Waals surface area contributed by atoms with Crippen molar-refractivity contribution in [2.24, 2.45) is 5.73 Å². The highest BCUT2D eigenvalue weighted by Crippen LogP contribution is 2.35. The molecule has 1 aromatic heterocycles. The van der Waals surface area contributed by atoms with Gasteiger partial charge in [-0.25, -0.2) is 0 Å².